The Hall–Kier alpha value is -2.99. The van der Waals surface area contributed by atoms with Gasteiger partial charge in [-0.05, 0) is 68.9 Å². The first-order chi connectivity index (χ1) is 15.9. The predicted molar refractivity (Wildman–Crippen MR) is 127 cm³/mol. The molecule has 2 aliphatic rings. The van der Waals surface area contributed by atoms with Gasteiger partial charge in [-0.3, -0.25) is 9.59 Å². The Balaban J connectivity index is 1.24. The first-order valence-electron chi connectivity index (χ1n) is 11.3. The number of nitrogens with zero attached hydrogens (tertiary/aromatic N) is 2. The van der Waals surface area contributed by atoms with Crippen LogP contribution in [0.25, 0.3) is 10.9 Å². The molecule has 7 heteroatoms. The standard InChI is InChI=1S/C26H25ClFN3O2/c1-16-14-23(19(27)15-20(16)28)31-13-12-26(25(31)33)10-8-18(9-11-26)29-24(32)22-7-6-17-4-2-3-5-21(17)30-22/h2-7,14-15,18H,8-13H2,1H3,(H,29,32). The van der Waals surface area contributed by atoms with Gasteiger partial charge in [0.25, 0.3) is 5.91 Å². The van der Waals surface area contributed by atoms with Crippen LogP contribution in [0.1, 0.15) is 48.2 Å². The second-order valence-electron chi connectivity index (χ2n) is 9.18. The van der Waals surface area contributed by atoms with Gasteiger partial charge in [-0.1, -0.05) is 35.9 Å². The van der Waals surface area contributed by atoms with Crippen molar-refractivity contribution in [3.8, 4) is 0 Å². The van der Waals surface area contributed by atoms with Crippen molar-refractivity contribution in [3.05, 3.63) is 70.6 Å². The molecule has 1 aromatic heterocycles. The molecule has 2 heterocycles. The summed E-state index contributed by atoms with van der Waals surface area (Å²) in [5.41, 5.74) is 1.80. The molecular weight excluding hydrogens is 441 g/mol. The third kappa shape index (κ3) is 3.97. The van der Waals surface area contributed by atoms with Crippen LogP contribution in [0, 0.1) is 18.2 Å². The van der Waals surface area contributed by atoms with Crippen LogP contribution in [0.3, 0.4) is 0 Å². The molecule has 0 unspecified atom stereocenters. The quantitative estimate of drug-likeness (QED) is 0.561. The van der Waals surface area contributed by atoms with Crippen LogP contribution < -0.4 is 10.2 Å². The third-order valence-electron chi connectivity index (χ3n) is 7.14. The van der Waals surface area contributed by atoms with Crippen LogP contribution in [0.4, 0.5) is 10.1 Å². The summed E-state index contributed by atoms with van der Waals surface area (Å²) in [5, 5.41) is 4.35. The molecule has 170 valence electrons. The normalized spacial score (nSPS) is 22.8. The molecule has 1 N–H and O–H groups in total. The van der Waals surface area contributed by atoms with Gasteiger partial charge < -0.3 is 10.2 Å². The maximum Gasteiger partial charge on any atom is 0.270 e. The number of pyridine rings is 1. The number of nitrogens with one attached hydrogen (secondary N) is 1. The summed E-state index contributed by atoms with van der Waals surface area (Å²) in [6.45, 7) is 2.24. The van der Waals surface area contributed by atoms with Crippen molar-refractivity contribution < 1.29 is 14.0 Å². The van der Waals surface area contributed by atoms with Gasteiger partial charge in [0, 0.05) is 18.0 Å². The maximum absolute atomic E-state index is 13.8. The number of hydrogen-bond acceptors (Lipinski definition) is 3. The number of benzene rings is 2. The Morgan fingerprint density at radius 1 is 1.15 bits per heavy atom. The van der Waals surface area contributed by atoms with Crippen molar-refractivity contribution in [2.45, 2.75) is 45.1 Å². The number of aromatic nitrogens is 1. The number of anilines is 1. The van der Waals surface area contributed by atoms with Crippen LogP contribution in [0.15, 0.2) is 48.5 Å². The zero-order valence-corrected chi connectivity index (χ0v) is 19.2. The Morgan fingerprint density at radius 2 is 1.91 bits per heavy atom. The molecule has 1 saturated carbocycles. The van der Waals surface area contributed by atoms with E-state index < -0.39 is 5.41 Å². The topological polar surface area (TPSA) is 62.3 Å². The maximum atomic E-state index is 13.8. The minimum absolute atomic E-state index is 0.00917. The number of para-hydroxylation sites is 1. The molecule has 2 aromatic carbocycles. The van der Waals surface area contributed by atoms with Gasteiger partial charge in [0.15, 0.2) is 0 Å². The van der Waals surface area contributed by atoms with Gasteiger partial charge in [0.05, 0.1) is 21.6 Å². The minimum Gasteiger partial charge on any atom is -0.348 e. The second-order valence-corrected chi connectivity index (χ2v) is 9.58. The number of carbonyl (C=O) groups excluding carboxylic acids is 2. The van der Waals surface area contributed by atoms with Crippen molar-refractivity contribution in [1.29, 1.82) is 0 Å². The molecule has 5 nitrogen and oxygen atoms in total. The van der Waals surface area contributed by atoms with E-state index in [1.165, 1.54) is 6.07 Å². The molecule has 1 aliphatic carbocycles. The fraction of sp³-hybridized carbons (Fsp3) is 0.346. The molecule has 3 aromatic rings. The Kier molecular flexibility index (Phi) is 5.57. The molecule has 1 saturated heterocycles. The lowest BCUT2D eigenvalue weighted by atomic mass is 9.71. The van der Waals surface area contributed by atoms with E-state index in [-0.39, 0.29) is 28.7 Å². The number of amides is 2. The highest BCUT2D eigenvalue weighted by atomic mass is 35.5. The summed E-state index contributed by atoms with van der Waals surface area (Å²) in [6, 6.07) is 14.3. The second kappa shape index (κ2) is 8.41. The highest BCUT2D eigenvalue weighted by Gasteiger charge is 2.49. The van der Waals surface area contributed by atoms with Crippen molar-refractivity contribution >= 4 is 40.0 Å². The molecule has 0 bridgehead atoms. The summed E-state index contributed by atoms with van der Waals surface area (Å²) in [5.74, 6) is -0.506. The summed E-state index contributed by atoms with van der Waals surface area (Å²) in [7, 11) is 0. The lowest BCUT2D eigenvalue weighted by molar-refractivity contribution is -0.127. The van der Waals surface area contributed by atoms with Crippen molar-refractivity contribution in [3.63, 3.8) is 0 Å². The van der Waals surface area contributed by atoms with E-state index >= 15 is 0 Å². The van der Waals surface area contributed by atoms with Gasteiger partial charge in [0.2, 0.25) is 5.91 Å². The van der Waals surface area contributed by atoms with Gasteiger partial charge in [0.1, 0.15) is 11.5 Å². The molecule has 1 spiro atoms. The van der Waals surface area contributed by atoms with Gasteiger partial charge >= 0.3 is 0 Å². The van der Waals surface area contributed by atoms with Crippen LogP contribution in [0.5, 0.6) is 0 Å². The smallest absolute Gasteiger partial charge is 0.270 e. The highest BCUT2D eigenvalue weighted by Crippen LogP contribution is 2.47. The minimum atomic E-state index is -0.436. The number of aryl methyl sites for hydroxylation is 1. The number of fused-ring (bicyclic) bond motifs is 1. The molecule has 2 fully saturated rings. The molecule has 0 atom stereocenters. The number of hydrogen-bond donors (Lipinski definition) is 1. The van der Waals surface area contributed by atoms with E-state index in [0.29, 0.717) is 36.3 Å². The molecule has 33 heavy (non-hydrogen) atoms. The zero-order valence-electron chi connectivity index (χ0n) is 18.4. The van der Waals surface area contributed by atoms with Crippen molar-refractivity contribution in [2.24, 2.45) is 5.41 Å². The zero-order chi connectivity index (χ0) is 23.2. The first-order valence-corrected chi connectivity index (χ1v) is 11.7. The summed E-state index contributed by atoms with van der Waals surface area (Å²) in [6.07, 6.45) is 3.61. The molecular formula is C26H25ClFN3O2. The molecule has 1 aliphatic heterocycles. The predicted octanol–water partition coefficient (Wildman–Crippen LogP) is 5.43. The van der Waals surface area contributed by atoms with Gasteiger partial charge in [-0.15, -0.1) is 0 Å². The van der Waals surface area contributed by atoms with Crippen molar-refractivity contribution in [1.82, 2.24) is 10.3 Å². The highest BCUT2D eigenvalue weighted by molar-refractivity contribution is 6.34. The summed E-state index contributed by atoms with van der Waals surface area (Å²) < 4.78 is 13.8. The van der Waals surface area contributed by atoms with E-state index in [9.17, 15) is 14.0 Å². The average molecular weight is 466 g/mol. The third-order valence-corrected chi connectivity index (χ3v) is 7.44. The Bertz CT molecular complexity index is 1250. The van der Waals surface area contributed by atoms with Crippen LogP contribution in [-0.2, 0) is 4.79 Å². The fourth-order valence-corrected chi connectivity index (χ4v) is 5.38. The number of halogens is 2. The number of carbonyl (C=O) groups is 2. The largest absolute Gasteiger partial charge is 0.348 e. The summed E-state index contributed by atoms with van der Waals surface area (Å²) >= 11 is 6.26. The summed E-state index contributed by atoms with van der Waals surface area (Å²) in [4.78, 5) is 32.3. The van der Waals surface area contributed by atoms with E-state index in [4.69, 9.17) is 11.6 Å². The van der Waals surface area contributed by atoms with Crippen LogP contribution >= 0.6 is 11.6 Å². The van der Waals surface area contributed by atoms with Crippen LogP contribution in [0.2, 0.25) is 5.02 Å². The molecule has 0 radical (unpaired) electrons. The van der Waals surface area contributed by atoms with E-state index in [2.05, 4.69) is 10.3 Å². The van der Waals surface area contributed by atoms with Gasteiger partial charge in [-0.25, -0.2) is 9.37 Å². The molecule has 2 amide bonds. The van der Waals surface area contributed by atoms with E-state index in [0.717, 1.165) is 30.2 Å². The lowest BCUT2D eigenvalue weighted by Gasteiger charge is -2.36. The Morgan fingerprint density at radius 3 is 2.70 bits per heavy atom. The monoisotopic (exact) mass is 465 g/mol. The van der Waals surface area contributed by atoms with Crippen molar-refractivity contribution in [2.75, 3.05) is 11.4 Å². The van der Waals surface area contributed by atoms with E-state index in [1.54, 1.807) is 24.0 Å². The SMILES string of the molecule is Cc1cc(N2CCC3(CCC(NC(=O)c4ccc5ccccc5n4)CC3)C2=O)c(Cl)cc1F. The Labute approximate surface area is 196 Å². The van der Waals surface area contributed by atoms with Gasteiger partial charge in [-0.2, -0.15) is 0 Å². The van der Waals surface area contributed by atoms with E-state index in [1.807, 2.05) is 30.3 Å². The molecule has 5 rings (SSSR count). The fourth-order valence-electron chi connectivity index (χ4n) is 5.13. The average Bonchev–Trinajstić information content (AvgIpc) is 3.13. The van der Waals surface area contributed by atoms with Crippen LogP contribution in [-0.4, -0.2) is 29.4 Å². The first kappa shape index (κ1) is 21.8. The number of rotatable bonds is 3. The lowest BCUT2D eigenvalue weighted by Crippen LogP contribution is -2.44.